The molecule has 4 rings (SSSR count). The van der Waals surface area contributed by atoms with E-state index in [2.05, 4.69) is 0 Å². The van der Waals surface area contributed by atoms with Crippen LogP contribution in [0, 0.1) is 0 Å². The molecule has 1 amide bonds. The van der Waals surface area contributed by atoms with Gasteiger partial charge in [-0.2, -0.15) is 0 Å². The van der Waals surface area contributed by atoms with Crippen molar-refractivity contribution < 1.29 is 33.6 Å². The van der Waals surface area contributed by atoms with Gasteiger partial charge in [0.05, 0.1) is 25.3 Å². The molecular formula is C23H23NO7. The average Bonchev–Trinajstić information content (AvgIpc) is 3.06. The number of likely N-dealkylation sites (tertiary alicyclic amines) is 1. The molecule has 2 aromatic rings. The highest BCUT2D eigenvalue weighted by atomic mass is 16.6. The van der Waals surface area contributed by atoms with Crippen molar-refractivity contribution in [3.8, 4) is 17.2 Å². The van der Waals surface area contributed by atoms with Crippen LogP contribution in [0.2, 0.25) is 0 Å². The highest BCUT2D eigenvalue weighted by Gasteiger charge is 2.45. The molecule has 8 heteroatoms. The van der Waals surface area contributed by atoms with Crippen LogP contribution in [0.15, 0.2) is 48.0 Å². The zero-order valence-corrected chi connectivity index (χ0v) is 17.3. The second kappa shape index (κ2) is 8.69. The van der Waals surface area contributed by atoms with E-state index in [9.17, 15) is 14.7 Å². The van der Waals surface area contributed by atoms with Crippen LogP contribution >= 0.6 is 0 Å². The first-order valence-corrected chi connectivity index (χ1v) is 9.86. The van der Waals surface area contributed by atoms with Crippen molar-refractivity contribution in [2.45, 2.75) is 6.04 Å². The number of aliphatic hydroxyl groups is 1. The van der Waals surface area contributed by atoms with E-state index in [0.29, 0.717) is 41.6 Å². The summed E-state index contributed by atoms with van der Waals surface area (Å²) in [7, 11) is 3.08. The number of carbonyl (C=O) groups excluding carboxylic acids is 2. The Morgan fingerprint density at radius 1 is 1.06 bits per heavy atom. The van der Waals surface area contributed by atoms with Gasteiger partial charge in [-0.15, -0.1) is 0 Å². The number of rotatable bonds is 6. The number of Topliss-reactive ketones (excluding diaryl/α,β-unsaturated/α-hetero) is 1. The predicted molar refractivity (Wildman–Crippen MR) is 111 cm³/mol. The van der Waals surface area contributed by atoms with Crippen LogP contribution in [0.25, 0.3) is 5.76 Å². The van der Waals surface area contributed by atoms with Crippen molar-refractivity contribution >= 4 is 17.4 Å². The van der Waals surface area contributed by atoms with Gasteiger partial charge in [0, 0.05) is 19.2 Å². The summed E-state index contributed by atoms with van der Waals surface area (Å²) in [5, 5.41) is 11.1. The first-order chi connectivity index (χ1) is 15.0. The Hall–Kier alpha value is -3.52. The standard InChI is InChI=1S/C23H23NO7/c1-28-10-9-24-20(14-3-6-16(29-2)7-4-14)19(22(26)23(24)27)21(25)15-5-8-17-18(13-15)31-12-11-30-17/h3-8,13,20,25H,9-12H2,1-2H3/b21-19+. The van der Waals surface area contributed by atoms with Gasteiger partial charge in [-0.3, -0.25) is 9.59 Å². The summed E-state index contributed by atoms with van der Waals surface area (Å²) in [4.78, 5) is 27.2. The maximum atomic E-state index is 13.0. The lowest BCUT2D eigenvalue weighted by Crippen LogP contribution is -2.32. The molecular weight excluding hydrogens is 402 g/mol. The van der Waals surface area contributed by atoms with Crippen LogP contribution in [-0.4, -0.2) is 62.3 Å². The van der Waals surface area contributed by atoms with E-state index >= 15 is 0 Å². The Kier molecular flexibility index (Phi) is 5.81. The largest absolute Gasteiger partial charge is 0.507 e. The lowest BCUT2D eigenvalue weighted by Gasteiger charge is -2.25. The second-order valence-electron chi connectivity index (χ2n) is 7.12. The van der Waals surface area contributed by atoms with Gasteiger partial charge in [0.1, 0.15) is 24.7 Å². The number of ketones is 1. The van der Waals surface area contributed by atoms with Crippen molar-refractivity contribution in [1.29, 1.82) is 0 Å². The summed E-state index contributed by atoms with van der Waals surface area (Å²) in [6, 6.07) is 11.2. The summed E-state index contributed by atoms with van der Waals surface area (Å²) < 4.78 is 21.4. The molecule has 2 aromatic carbocycles. The fraction of sp³-hybridized carbons (Fsp3) is 0.304. The van der Waals surface area contributed by atoms with E-state index in [1.54, 1.807) is 49.6 Å². The number of ether oxygens (including phenoxy) is 4. The summed E-state index contributed by atoms with van der Waals surface area (Å²) in [5.74, 6) is -0.0123. The minimum atomic E-state index is -0.755. The zero-order valence-electron chi connectivity index (χ0n) is 17.3. The number of carbonyl (C=O) groups is 2. The summed E-state index contributed by atoms with van der Waals surface area (Å²) in [6.07, 6.45) is 0. The normalized spacial score (nSPS) is 19.5. The molecule has 1 unspecified atom stereocenters. The zero-order chi connectivity index (χ0) is 22.0. The van der Waals surface area contributed by atoms with Crippen LogP contribution in [0.4, 0.5) is 0 Å². The van der Waals surface area contributed by atoms with Gasteiger partial charge in [0.25, 0.3) is 11.7 Å². The predicted octanol–water partition coefficient (Wildman–Crippen LogP) is 2.53. The van der Waals surface area contributed by atoms with Crippen LogP contribution < -0.4 is 14.2 Å². The molecule has 31 heavy (non-hydrogen) atoms. The fourth-order valence-corrected chi connectivity index (χ4v) is 3.78. The third kappa shape index (κ3) is 3.82. The van der Waals surface area contributed by atoms with E-state index in [-0.39, 0.29) is 24.5 Å². The maximum absolute atomic E-state index is 13.0. The SMILES string of the molecule is COCCN1C(=O)C(=O)/C(=C(/O)c2ccc3c(c2)OCCO3)C1c1ccc(OC)cc1. The monoisotopic (exact) mass is 425 g/mol. The minimum Gasteiger partial charge on any atom is -0.507 e. The molecule has 1 fully saturated rings. The second-order valence-corrected chi connectivity index (χ2v) is 7.12. The average molecular weight is 425 g/mol. The number of benzene rings is 2. The summed E-state index contributed by atoms with van der Waals surface area (Å²) in [6.45, 7) is 1.30. The first kappa shape index (κ1) is 20.7. The van der Waals surface area contributed by atoms with Gasteiger partial charge in [0.15, 0.2) is 11.5 Å². The number of methoxy groups -OCH3 is 2. The van der Waals surface area contributed by atoms with E-state index in [0.717, 1.165) is 0 Å². The van der Waals surface area contributed by atoms with Crippen LogP contribution in [0.5, 0.6) is 17.2 Å². The number of hydrogen-bond acceptors (Lipinski definition) is 7. The number of aliphatic hydroxyl groups excluding tert-OH is 1. The Balaban J connectivity index is 1.81. The van der Waals surface area contributed by atoms with E-state index in [1.165, 1.54) is 12.0 Å². The van der Waals surface area contributed by atoms with Gasteiger partial charge in [-0.25, -0.2) is 0 Å². The lowest BCUT2D eigenvalue weighted by atomic mass is 9.95. The molecule has 1 saturated heterocycles. The quantitative estimate of drug-likeness (QED) is 0.432. The number of hydrogen-bond donors (Lipinski definition) is 1. The van der Waals surface area contributed by atoms with E-state index in [1.807, 2.05) is 0 Å². The van der Waals surface area contributed by atoms with Crippen LogP contribution in [0.3, 0.4) is 0 Å². The Morgan fingerprint density at radius 2 is 1.77 bits per heavy atom. The molecule has 2 aliphatic rings. The van der Waals surface area contributed by atoms with Gasteiger partial charge < -0.3 is 29.0 Å². The highest BCUT2D eigenvalue weighted by molar-refractivity contribution is 6.46. The van der Waals surface area contributed by atoms with Crippen molar-refractivity contribution in [2.24, 2.45) is 0 Å². The maximum Gasteiger partial charge on any atom is 0.295 e. The molecule has 0 aromatic heterocycles. The van der Waals surface area contributed by atoms with Gasteiger partial charge in [0.2, 0.25) is 0 Å². The van der Waals surface area contributed by atoms with Crippen LogP contribution in [-0.2, 0) is 14.3 Å². The minimum absolute atomic E-state index is 0.0166. The fourth-order valence-electron chi connectivity index (χ4n) is 3.78. The molecule has 2 heterocycles. The summed E-state index contributed by atoms with van der Waals surface area (Å²) in [5.41, 5.74) is 1.06. The molecule has 0 bridgehead atoms. The Labute approximate surface area is 179 Å². The summed E-state index contributed by atoms with van der Waals surface area (Å²) >= 11 is 0. The number of amides is 1. The van der Waals surface area contributed by atoms with Crippen molar-refractivity contribution in [2.75, 3.05) is 40.6 Å². The molecule has 0 saturated carbocycles. The highest BCUT2D eigenvalue weighted by Crippen LogP contribution is 2.41. The molecule has 0 aliphatic carbocycles. The molecule has 0 spiro atoms. The molecule has 2 aliphatic heterocycles. The third-order valence-electron chi connectivity index (χ3n) is 5.32. The molecule has 1 N–H and O–H groups in total. The van der Waals surface area contributed by atoms with Crippen molar-refractivity contribution in [1.82, 2.24) is 4.90 Å². The van der Waals surface area contributed by atoms with Gasteiger partial charge in [-0.05, 0) is 35.9 Å². The first-order valence-electron chi connectivity index (χ1n) is 9.86. The molecule has 1 atom stereocenters. The smallest absolute Gasteiger partial charge is 0.295 e. The Morgan fingerprint density at radius 3 is 2.45 bits per heavy atom. The third-order valence-corrected chi connectivity index (χ3v) is 5.32. The molecule has 0 radical (unpaired) electrons. The Bertz CT molecular complexity index is 1030. The van der Waals surface area contributed by atoms with Crippen molar-refractivity contribution in [3.05, 3.63) is 59.2 Å². The molecule has 8 nitrogen and oxygen atoms in total. The van der Waals surface area contributed by atoms with E-state index < -0.39 is 17.7 Å². The van der Waals surface area contributed by atoms with E-state index in [4.69, 9.17) is 18.9 Å². The molecule has 162 valence electrons. The van der Waals surface area contributed by atoms with Crippen LogP contribution in [0.1, 0.15) is 17.2 Å². The topological polar surface area (TPSA) is 94.5 Å². The van der Waals surface area contributed by atoms with Gasteiger partial charge in [-0.1, -0.05) is 12.1 Å². The number of nitrogens with zero attached hydrogens (tertiary/aromatic N) is 1. The van der Waals surface area contributed by atoms with Crippen molar-refractivity contribution in [3.63, 3.8) is 0 Å². The van der Waals surface area contributed by atoms with Gasteiger partial charge >= 0.3 is 0 Å². The number of fused-ring (bicyclic) bond motifs is 1. The lowest BCUT2D eigenvalue weighted by molar-refractivity contribution is -0.140.